The molecule has 30 heteroatoms. The molecule has 26 nitrogen and oxygen atoms in total. The van der Waals surface area contributed by atoms with Crippen molar-refractivity contribution in [3.63, 3.8) is 0 Å². The number of halogens is 4. The van der Waals surface area contributed by atoms with Crippen molar-refractivity contribution in [1.29, 1.82) is 0 Å². The fourth-order valence-corrected chi connectivity index (χ4v) is 10.3. The molecule has 6 spiro atoms. The van der Waals surface area contributed by atoms with Gasteiger partial charge in [0.15, 0.2) is 6.21 Å². The molecule has 0 unspecified atom stereocenters. The molecule has 6 heterocycles. The molecule has 3 aliphatic carbocycles. The lowest BCUT2D eigenvalue weighted by molar-refractivity contribution is -0.346. The number of aliphatic hydroxyl groups is 1. The quantitative estimate of drug-likeness (QED) is 0.0323. The Morgan fingerprint density at radius 3 is 1.12 bits per heavy atom. The molecule has 5 saturated heterocycles. The second-order valence-electron chi connectivity index (χ2n) is 21.2. The molecule has 2 aromatic rings. The van der Waals surface area contributed by atoms with Crippen LogP contribution in [-0.2, 0) is 110 Å². The van der Waals surface area contributed by atoms with Crippen LogP contribution in [0.2, 0.25) is 0 Å². The van der Waals surface area contributed by atoms with Crippen LogP contribution in [0.15, 0.2) is 132 Å². The van der Waals surface area contributed by atoms with E-state index in [-0.39, 0.29) is 167 Å². The average Bonchev–Trinajstić information content (AvgIpc) is 0.809. The zero-order valence-corrected chi connectivity index (χ0v) is 55.3. The van der Waals surface area contributed by atoms with Gasteiger partial charge < -0.3 is 152 Å². The van der Waals surface area contributed by atoms with Crippen molar-refractivity contribution in [2.45, 2.75) is 151 Å². The second-order valence-corrected chi connectivity index (χ2v) is 21.2. The maximum Gasteiger partial charge on any atom is 0.348 e. The van der Waals surface area contributed by atoms with Crippen molar-refractivity contribution in [3.8, 4) is 0 Å². The van der Waals surface area contributed by atoms with E-state index in [0.29, 0.717) is 5.57 Å². The molecule has 0 amide bonds. The molecule has 11 rings (SSSR count). The van der Waals surface area contributed by atoms with Crippen LogP contribution >= 0.6 is 0 Å². The van der Waals surface area contributed by atoms with E-state index in [9.17, 15) is 57.8 Å². The predicted octanol–water partition coefficient (Wildman–Crippen LogP) is -7.24. The minimum absolute atomic E-state index is 0. The van der Waals surface area contributed by atoms with Crippen molar-refractivity contribution in [3.05, 3.63) is 132 Å². The van der Waals surface area contributed by atoms with E-state index >= 15 is 0 Å². The van der Waals surface area contributed by atoms with Crippen LogP contribution in [-0.4, -0.2) is 112 Å². The Morgan fingerprint density at radius 1 is 0.433 bits per heavy atom. The number of benzene rings is 2. The van der Waals surface area contributed by atoms with Crippen molar-refractivity contribution >= 4 is 83.3 Å². The molecule has 6 aliphatic heterocycles. The Balaban J connectivity index is 0.000000278. The monoisotopic (exact) mass is 1610 g/mol. The minimum atomic E-state index is -1.60. The number of hydrogen-bond donors (Lipinski definition) is 3. The molecular weight excluding hydrogens is 1550 g/mol. The van der Waals surface area contributed by atoms with E-state index in [1.165, 1.54) is 24.3 Å². The molecule has 90 heavy (non-hydrogen) atoms. The number of para-hydroxylation sites is 2. The number of aliphatic hydroxyl groups excluding tert-OH is 1. The number of rotatable bonds is 8. The molecule has 0 aromatic heterocycles. The smallest absolute Gasteiger partial charge is 0.348 e. The van der Waals surface area contributed by atoms with Crippen LogP contribution in [0.4, 0.5) is 11.4 Å². The topological polar surface area (TPSA) is 345 Å². The molecule has 2 aromatic carbocycles. The summed E-state index contributed by atoms with van der Waals surface area (Å²) in [6.45, 7) is 3.65. The Kier molecular flexibility index (Phi) is 25.3. The second kappa shape index (κ2) is 31.1. The Bertz CT molecular complexity index is 3190. The van der Waals surface area contributed by atoms with Crippen LogP contribution in [0.25, 0.3) is 0 Å². The van der Waals surface area contributed by atoms with Gasteiger partial charge in [-0.05, 0) is 49.8 Å². The number of anilines is 1. The van der Waals surface area contributed by atoms with Crippen LogP contribution in [0.3, 0.4) is 0 Å². The Morgan fingerprint density at radius 2 is 0.756 bits per heavy atom. The lowest BCUT2D eigenvalue weighted by Crippen LogP contribution is -3.00. The van der Waals surface area contributed by atoms with E-state index in [4.69, 9.17) is 56.8 Å². The van der Waals surface area contributed by atoms with Crippen LogP contribution < -0.4 is 94.6 Å². The summed E-state index contributed by atoms with van der Waals surface area (Å²) in [6, 6.07) is 20.2. The highest BCUT2D eigenvalue weighted by molar-refractivity contribution is 6.15. The first-order chi connectivity index (χ1) is 41.0. The third kappa shape index (κ3) is 18.8. The fraction of sp³-hybridized carbons (Fsp3) is 0.400. The Hall–Kier alpha value is -7.40. The minimum Gasteiger partial charge on any atom is -1.00 e. The summed E-state index contributed by atoms with van der Waals surface area (Å²) in [5.74, 6) is -17.7. The maximum absolute atomic E-state index is 12.8. The number of allylic oxidation sites excluding steroid dienone is 7. The van der Waals surface area contributed by atoms with Gasteiger partial charge in [0.25, 0.3) is 40.7 Å². The summed E-state index contributed by atoms with van der Waals surface area (Å²) in [7, 11) is 0. The summed E-state index contributed by atoms with van der Waals surface area (Å²) >= 11 is 0. The molecule has 0 atom stereocenters. The SMILES string of the molecule is CC(/C=C/C1=C(O)OC2(CCC3(CC2)OC(=O)CC(=O)O3)OC1=O)=C\C=C1C(=O)OC2(CCC3(CC2)OC(=O)CC(=O)O3)OC1=O.CC(/C=C/Nc1ccccc1)=C\C=[NH+]c1ccccc1.O=C1CC(=O)OC2(CCC3(CC2)OC(=O)CC(=O)O3)O1.[Cl-].[I-].[I-].[I-]. The molecule has 9 aliphatic rings. The number of carbonyl (C=O) groups is 11. The fourth-order valence-electron chi connectivity index (χ4n) is 10.3. The summed E-state index contributed by atoms with van der Waals surface area (Å²) in [5, 5.41) is 13.7. The summed E-state index contributed by atoms with van der Waals surface area (Å²) in [6.07, 6.45) is 11.6. The number of hydrogen-bond acceptors (Lipinski definition) is 25. The lowest BCUT2D eigenvalue weighted by Gasteiger charge is -2.45. The highest BCUT2D eigenvalue weighted by Crippen LogP contribution is 2.48. The van der Waals surface area contributed by atoms with Gasteiger partial charge in [-0.15, -0.1) is 0 Å². The van der Waals surface area contributed by atoms with Crippen LogP contribution in [0, 0.1) is 0 Å². The van der Waals surface area contributed by atoms with Crippen molar-refractivity contribution in [2.24, 2.45) is 0 Å². The van der Waals surface area contributed by atoms with Gasteiger partial charge in [0.1, 0.15) is 36.8 Å². The van der Waals surface area contributed by atoms with Crippen LogP contribution in [0.5, 0.6) is 0 Å². The van der Waals surface area contributed by atoms with Gasteiger partial charge in [-0.3, -0.25) is 38.4 Å². The van der Waals surface area contributed by atoms with Crippen molar-refractivity contribution in [2.75, 3.05) is 5.32 Å². The van der Waals surface area contributed by atoms with E-state index < -0.39 is 138 Å². The standard InChI is InChI=1S/C30H28O16.C18H18N2.C12H12O8.ClH.3HI/c1-16(2-4-17-23(35)43-29(44-24(17)36)10-6-27(7-11-29)39-19(31)14-20(32)40-27)3-5-18-25(37)45-30(46-26(18)38)12-8-28(9-13-30)41-21(33)15-22(34)42-28;1-16(12-14-19-17-8-4-2-5-9-17)13-15-20-18-10-6-3-7-11-18;13-7-5-8(14)18-11(17-7)1-2-12(4-3-11)19-9(15)6-10(16)20-12;;;;/h2-5,35H,6-15H2,1H3;2-15,19H,1H3;1-6H2;4*1H/p-3/b4-2+,16-3+;14-12+,16-13+,20-15?;;;;;. The Labute approximate surface area is 571 Å². The van der Waals surface area contributed by atoms with Gasteiger partial charge in [-0.1, -0.05) is 54.1 Å². The van der Waals surface area contributed by atoms with E-state index in [1.54, 1.807) is 6.92 Å². The summed E-state index contributed by atoms with van der Waals surface area (Å²) < 4.78 is 63.3. The van der Waals surface area contributed by atoms with Crippen molar-refractivity contribution in [1.82, 2.24) is 0 Å². The number of carbonyl (C=O) groups excluding carboxylic acids is 11. The maximum atomic E-state index is 12.8. The normalized spacial score (nSPS) is 23.5. The first kappa shape index (κ1) is 73.3. The molecule has 0 radical (unpaired) electrons. The van der Waals surface area contributed by atoms with Gasteiger partial charge in [0.05, 0.1) is 0 Å². The van der Waals surface area contributed by atoms with E-state index in [2.05, 4.69) is 17.2 Å². The summed E-state index contributed by atoms with van der Waals surface area (Å²) in [4.78, 5) is 134. The molecule has 3 N–H and O–H groups in total. The zero-order valence-electron chi connectivity index (χ0n) is 48.1. The predicted molar refractivity (Wildman–Crippen MR) is 285 cm³/mol. The first-order valence-corrected chi connectivity index (χ1v) is 27.4. The lowest BCUT2D eigenvalue weighted by atomic mass is 9.87. The van der Waals surface area contributed by atoms with Gasteiger partial charge in [-0.2, -0.15) is 0 Å². The van der Waals surface area contributed by atoms with Gasteiger partial charge >= 0.3 is 65.7 Å². The van der Waals surface area contributed by atoms with Crippen molar-refractivity contribution < 1.29 is 204 Å². The third-order valence-corrected chi connectivity index (χ3v) is 14.6. The first-order valence-electron chi connectivity index (χ1n) is 27.4. The third-order valence-electron chi connectivity index (χ3n) is 14.6. The highest BCUT2D eigenvalue weighted by atomic mass is 127. The van der Waals surface area contributed by atoms with Gasteiger partial charge in [0, 0.05) is 107 Å². The number of nitrogens with one attached hydrogen (secondary N) is 2. The number of ether oxygens (including phenoxy) is 12. The van der Waals surface area contributed by atoms with Crippen LogP contribution in [0.1, 0.15) is 117 Å². The largest absolute Gasteiger partial charge is 1.00 e. The summed E-state index contributed by atoms with van der Waals surface area (Å²) in [5.41, 5.74) is 3.07. The highest BCUT2D eigenvalue weighted by Gasteiger charge is 2.58. The molecule has 3 saturated carbocycles. The molecule has 0 bridgehead atoms. The molecular formula is C60H59ClI3N2O24-3. The zero-order chi connectivity index (χ0) is 61.3. The molecule has 484 valence electrons. The van der Waals surface area contributed by atoms with Gasteiger partial charge in [0.2, 0.25) is 5.69 Å². The van der Waals surface area contributed by atoms with E-state index in [0.717, 1.165) is 16.9 Å². The molecule has 8 fully saturated rings. The number of esters is 11. The van der Waals surface area contributed by atoms with E-state index in [1.807, 2.05) is 85.2 Å². The van der Waals surface area contributed by atoms with Gasteiger partial charge in [-0.25, -0.2) is 19.4 Å². The average molecular weight is 1610 g/mol.